The van der Waals surface area contributed by atoms with Crippen molar-refractivity contribution in [2.75, 3.05) is 0 Å². The minimum Gasteiger partial charge on any atom is -0.508 e. The number of aromatic hydroxyl groups is 4. The summed E-state index contributed by atoms with van der Waals surface area (Å²) in [6, 6.07) is 30.9. The molecule has 0 bridgehead atoms. The maximum absolute atomic E-state index is 10.0. The average Bonchev–Trinajstić information content (AvgIpc) is 2.99. The van der Waals surface area contributed by atoms with Crippen LogP contribution >= 0.6 is 0 Å². The van der Waals surface area contributed by atoms with Crippen molar-refractivity contribution in [3.8, 4) is 23.0 Å². The van der Waals surface area contributed by atoms with Crippen molar-refractivity contribution in [3.63, 3.8) is 0 Å². The van der Waals surface area contributed by atoms with Crippen LogP contribution in [0.5, 0.6) is 23.0 Å². The summed E-state index contributed by atoms with van der Waals surface area (Å²) in [4.78, 5) is 0. The van der Waals surface area contributed by atoms with Crippen LogP contribution in [0, 0.1) is 17.8 Å². The van der Waals surface area contributed by atoms with E-state index in [-0.39, 0.29) is 33.8 Å². The van der Waals surface area contributed by atoms with Gasteiger partial charge in [0.2, 0.25) is 0 Å². The molecule has 6 rings (SSSR count). The van der Waals surface area contributed by atoms with Gasteiger partial charge in [-0.25, -0.2) is 0 Å². The molecular weight excluding hydrogens is 508 g/mol. The molecule has 2 fully saturated rings. The predicted molar refractivity (Wildman–Crippen MR) is 162 cm³/mol. The van der Waals surface area contributed by atoms with Crippen LogP contribution in [0.15, 0.2) is 97.1 Å². The summed E-state index contributed by atoms with van der Waals surface area (Å²) in [6.45, 7) is 2.38. The molecule has 0 aromatic heterocycles. The quantitative estimate of drug-likeness (QED) is 0.202. The normalized spacial score (nSPS) is 22.3. The molecule has 1 unspecified atom stereocenters. The highest BCUT2D eigenvalue weighted by Gasteiger charge is 2.47. The molecule has 0 radical (unpaired) electrons. The minimum atomic E-state index is -0.158. The highest BCUT2D eigenvalue weighted by molar-refractivity contribution is 5.45. The van der Waals surface area contributed by atoms with E-state index < -0.39 is 0 Å². The van der Waals surface area contributed by atoms with Crippen molar-refractivity contribution in [1.82, 2.24) is 0 Å². The lowest BCUT2D eigenvalue weighted by atomic mass is 9.54. The van der Waals surface area contributed by atoms with Gasteiger partial charge in [0.15, 0.2) is 0 Å². The van der Waals surface area contributed by atoms with Crippen LogP contribution in [-0.2, 0) is 10.8 Å². The Balaban J connectivity index is 1.25. The first-order valence-corrected chi connectivity index (χ1v) is 15.0. The second kappa shape index (κ2) is 10.8. The largest absolute Gasteiger partial charge is 0.508 e. The van der Waals surface area contributed by atoms with Crippen LogP contribution in [0.2, 0.25) is 0 Å². The second-order valence-corrected chi connectivity index (χ2v) is 12.5. The van der Waals surface area contributed by atoms with Gasteiger partial charge in [0.05, 0.1) is 0 Å². The van der Waals surface area contributed by atoms with Gasteiger partial charge in [-0.3, -0.25) is 0 Å². The van der Waals surface area contributed by atoms with E-state index in [2.05, 4.69) is 55.5 Å². The Morgan fingerprint density at radius 2 is 0.805 bits per heavy atom. The molecule has 0 saturated heterocycles. The molecule has 2 aliphatic carbocycles. The van der Waals surface area contributed by atoms with E-state index >= 15 is 0 Å². The Bertz CT molecular complexity index is 1350. The summed E-state index contributed by atoms with van der Waals surface area (Å²) in [5.74, 6) is 2.82. The van der Waals surface area contributed by atoms with Gasteiger partial charge in [-0.15, -0.1) is 0 Å². The minimum absolute atomic E-state index is 0.125. The first kappa shape index (κ1) is 27.3. The summed E-state index contributed by atoms with van der Waals surface area (Å²) in [7, 11) is 0. The van der Waals surface area contributed by atoms with Crippen molar-refractivity contribution in [3.05, 3.63) is 119 Å². The van der Waals surface area contributed by atoms with Gasteiger partial charge in [0, 0.05) is 10.8 Å². The molecule has 4 nitrogen and oxygen atoms in total. The molecule has 4 heteroatoms. The van der Waals surface area contributed by atoms with Crippen LogP contribution < -0.4 is 0 Å². The number of phenols is 4. The molecule has 2 atom stereocenters. The molecule has 212 valence electrons. The van der Waals surface area contributed by atoms with E-state index in [4.69, 9.17) is 0 Å². The first-order valence-electron chi connectivity index (χ1n) is 15.0. The maximum Gasteiger partial charge on any atom is 0.115 e. The molecule has 0 amide bonds. The van der Waals surface area contributed by atoms with E-state index in [1.807, 2.05) is 0 Å². The second-order valence-electron chi connectivity index (χ2n) is 12.5. The molecule has 0 aliphatic heterocycles. The summed E-state index contributed by atoms with van der Waals surface area (Å²) >= 11 is 0. The third-order valence-corrected chi connectivity index (χ3v) is 10.6. The fraction of sp³-hybridized carbons (Fsp3) is 0.351. The Labute approximate surface area is 243 Å². The standard InChI is InChI=1S/C37H40O4/c1-25-24-27(20-23-37(25,30-6-14-34(40)15-7-30)31-8-16-35(41)17-9-31)26-18-21-36(22-19-26,28-2-10-32(38)11-3-28)29-4-12-33(39)13-5-29/h2-17,25-27,38-41H,18-24H2,1H3/t25-,27?/m1/s1. The molecule has 4 aromatic carbocycles. The molecular formula is C37H40O4. The number of rotatable bonds is 5. The number of benzene rings is 4. The lowest BCUT2D eigenvalue weighted by molar-refractivity contribution is 0.105. The van der Waals surface area contributed by atoms with Crippen molar-refractivity contribution in [2.24, 2.45) is 17.8 Å². The molecule has 4 aromatic rings. The Kier molecular flexibility index (Phi) is 7.19. The van der Waals surface area contributed by atoms with E-state index in [1.165, 1.54) is 22.3 Å². The summed E-state index contributed by atoms with van der Waals surface area (Å²) in [5, 5.41) is 39.9. The van der Waals surface area contributed by atoms with Crippen molar-refractivity contribution in [1.29, 1.82) is 0 Å². The zero-order valence-electron chi connectivity index (χ0n) is 23.7. The van der Waals surface area contributed by atoms with Gasteiger partial charge in [-0.1, -0.05) is 55.5 Å². The van der Waals surface area contributed by atoms with E-state index in [9.17, 15) is 20.4 Å². The van der Waals surface area contributed by atoms with Gasteiger partial charge < -0.3 is 20.4 Å². The molecule has 2 aliphatic rings. The van der Waals surface area contributed by atoms with E-state index in [0.29, 0.717) is 17.8 Å². The Morgan fingerprint density at radius 3 is 1.17 bits per heavy atom. The fourth-order valence-electron chi connectivity index (χ4n) is 8.31. The lowest BCUT2D eigenvalue weighted by Gasteiger charge is -2.50. The highest BCUT2D eigenvalue weighted by atomic mass is 16.3. The zero-order valence-corrected chi connectivity index (χ0v) is 23.7. The molecule has 0 heterocycles. The van der Waals surface area contributed by atoms with Crippen molar-refractivity contribution in [2.45, 2.75) is 62.7 Å². The molecule has 0 spiro atoms. The highest BCUT2D eigenvalue weighted by Crippen LogP contribution is 2.55. The third-order valence-electron chi connectivity index (χ3n) is 10.6. The molecule has 41 heavy (non-hydrogen) atoms. The Hall–Kier alpha value is -3.92. The van der Waals surface area contributed by atoms with Gasteiger partial charge in [-0.05, 0) is 133 Å². The van der Waals surface area contributed by atoms with Gasteiger partial charge in [0.25, 0.3) is 0 Å². The average molecular weight is 549 g/mol. The Morgan fingerprint density at radius 1 is 0.463 bits per heavy atom. The van der Waals surface area contributed by atoms with E-state index in [0.717, 1.165) is 44.9 Å². The maximum atomic E-state index is 10.0. The monoisotopic (exact) mass is 548 g/mol. The SMILES string of the molecule is C[C@@H]1CC(C2CCC(c3ccc(O)cc3)(c3ccc(O)cc3)CC2)CCC1(c1ccc(O)cc1)c1ccc(O)cc1. The lowest BCUT2D eigenvalue weighted by Crippen LogP contribution is -2.43. The molecule has 2 saturated carbocycles. The predicted octanol–water partition coefficient (Wildman–Crippen LogP) is 8.41. The van der Waals surface area contributed by atoms with Gasteiger partial charge in [-0.2, -0.15) is 0 Å². The van der Waals surface area contributed by atoms with Crippen molar-refractivity contribution < 1.29 is 20.4 Å². The van der Waals surface area contributed by atoms with Crippen LogP contribution in [0.4, 0.5) is 0 Å². The zero-order chi connectivity index (χ0) is 28.6. The number of phenolic OH excluding ortho intramolecular Hbond substituents is 4. The van der Waals surface area contributed by atoms with E-state index in [1.54, 1.807) is 48.5 Å². The van der Waals surface area contributed by atoms with Crippen LogP contribution in [0.1, 0.15) is 74.1 Å². The molecule has 4 N–H and O–H groups in total. The van der Waals surface area contributed by atoms with Crippen molar-refractivity contribution >= 4 is 0 Å². The number of hydrogen-bond donors (Lipinski definition) is 4. The topological polar surface area (TPSA) is 80.9 Å². The third kappa shape index (κ3) is 4.94. The fourth-order valence-corrected chi connectivity index (χ4v) is 8.31. The summed E-state index contributed by atoms with van der Waals surface area (Å²) in [5.41, 5.74) is 4.64. The summed E-state index contributed by atoms with van der Waals surface area (Å²) < 4.78 is 0. The van der Waals surface area contributed by atoms with Crippen LogP contribution in [0.3, 0.4) is 0 Å². The van der Waals surface area contributed by atoms with Crippen LogP contribution in [-0.4, -0.2) is 20.4 Å². The van der Waals surface area contributed by atoms with Crippen LogP contribution in [0.25, 0.3) is 0 Å². The summed E-state index contributed by atoms with van der Waals surface area (Å²) in [6.07, 6.45) is 7.68. The van der Waals surface area contributed by atoms with Gasteiger partial charge in [0.1, 0.15) is 23.0 Å². The van der Waals surface area contributed by atoms with Gasteiger partial charge >= 0.3 is 0 Å². The number of hydrogen-bond acceptors (Lipinski definition) is 4. The smallest absolute Gasteiger partial charge is 0.115 e. The first-order chi connectivity index (χ1) is 19.8.